The van der Waals surface area contributed by atoms with E-state index in [1.165, 1.54) is 18.4 Å². The van der Waals surface area contributed by atoms with Gasteiger partial charge >= 0.3 is 0 Å². The first-order chi connectivity index (χ1) is 12.7. The number of aromatic nitrogens is 6. The Bertz CT molecular complexity index is 944. The van der Waals surface area contributed by atoms with Crippen molar-refractivity contribution in [3.8, 4) is 0 Å². The summed E-state index contributed by atoms with van der Waals surface area (Å²) in [5.74, 6) is 3.45. The Morgan fingerprint density at radius 3 is 2.69 bits per heavy atom. The van der Waals surface area contributed by atoms with Gasteiger partial charge in [0.1, 0.15) is 18.0 Å². The van der Waals surface area contributed by atoms with Gasteiger partial charge in [0.2, 0.25) is 5.13 Å². The largest absolute Gasteiger partial charge is 0.354 e. The van der Waals surface area contributed by atoms with Crippen LogP contribution in [0.3, 0.4) is 0 Å². The van der Waals surface area contributed by atoms with Crippen molar-refractivity contribution in [2.45, 2.75) is 39.0 Å². The van der Waals surface area contributed by atoms with Crippen LogP contribution in [0.4, 0.5) is 10.9 Å². The predicted molar refractivity (Wildman–Crippen MR) is 101 cm³/mol. The molecule has 0 N–H and O–H groups in total. The van der Waals surface area contributed by atoms with E-state index in [4.69, 9.17) is 4.98 Å². The van der Waals surface area contributed by atoms with Crippen molar-refractivity contribution in [3.05, 3.63) is 23.4 Å². The molecule has 1 aliphatic heterocycles. The maximum atomic E-state index is 4.79. The molecule has 136 valence electrons. The Balaban J connectivity index is 1.40. The monoisotopic (exact) mass is 370 g/mol. The minimum Gasteiger partial charge on any atom is -0.354 e. The van der Waals surface area contributed by atoms with Crippen LogP contribution in [0.5, 0.6) is 0 Å². The van der Waals surface area contributed by atoms with Gasteiger partial charge in [-0.3, -0.25) is 0 Å². The van der Waals surface area contributed by atoms with Crippen LogP contribution in [0, 0.1) is 13.8 Å². The second-order valence-corrected chi connectivity index (χ2v) is 7.89. The lowest BCUT2D eigenvalue weighted by Crippen LogP contribution is -2.32. The first kappa shape index (κ1) is 15.9. The molecule has 2 fully saturated rings. The van der Waals surface area contributed by atoms with Crippen molar-refractivity contribution in [2.75, 3.05) is 36.0 Å². The van der Waals surface area contributed by atoms with Gasteiger partial charge in [0.15, 0.2) is 0 Å². The number of fused-ring (bicyclic) bond motifs is 1. The summed E-state index contributed by atoms with van der Waals surface area (Å²) in [6.07, 6.45) is 5.15. The lowest BCUT2D eigenvalue weighted by molar-refractivity contribution is 0.761. The number of hydrogen-bond acceptors (Lipinski definition) is 8. The van der Waals surface area contributed by atoms with Crippen LogP contribution in [0.1, 0.15) is 42.3 Å². The minimum atomic E-state index is 0.617. The predicted octanol–water partition coefficient (Wildman–Crippen LogP) is 2.19. The Hall–Kier alpha value is -2.29. The molecule has 0 radical (unpaired) electrons. The summed E-state index contributed by atoms with van der Waals surface area (Å²) in [6, 6.07) is 0. The zero-order valence-corrected chi connectivity index (χ0v) is 15.9. The molecule has 0 unspecified atom stereocenters. The third kappa shape index (κ3) is 2.70. The van der Waals surface area contributed by atoms with Gasteiger partial charge in [-0.1, -0.05) is 0 Å². The van der Waals surface area contributed by atoms with E-state index < -0.39 is 0 Å². The van der Waals surface area contributed by atoms with Gasteiger partial charge in [-0.25, -0.2) is 9.97 Å². The summed E-state index contributed by atoms with van der Waals surface area (Å²) < 4.78 is 6.43. The standard InChI is InChI=1S/C17H22N8S/c1-11-12(2)20-16-18-10-19-25(16)15(11)23-6-3-7-24(9-8-23)17-21-14(22-26-17)13-4-5-13/h10,13H,3-9H2,1-2H3. The molecule has 5 rings (SSSR count). The maximum absolute atomic E-state index is 4.79. The fraction of sp³-hybridized carbons (Fsp3) is 0.588. The van der Waals surface area contributed by atoms with Crippen molar-refractivity contribution in [1.29, 1.82) is 0 Å². The third-order valence-corrected chi connectivity index (χ3v) is 6.11. The van der Waals surface area contributed by atoms with E-state index in [0.717, 1.165) is 55.1 Å². The quantitative estimate of drug-likeness (QED) is 0.699. The van der Waals surface area contributed by atoms with Crippen LogP contribution in [0.15, 0.2) is 6.33 Å². The van der Waals surface area contributed by atoms with Crippen molar-refractivity contribution < 1.29 is 0 Å². The molecule has 8 nitrogen and oxygen atoms in total. The highest BCUT2D eigenvalue weighted by molar-refractivity contribution is 7.09. The normalized spacial score (nSPS) is 18.5. The van der Waals surface area contributed by atoms with Crippen LogP contribution >= 0.6 is 11.5 Å². The minimum absolute atomic E-state index is 0.617. The molecule has 9 heteroatoms. The molecule has 2 aliphatic rings. The van der Waals surface area contributed by atoms with Crippen LogP contribution in [-0.4, -0.2) is 55.1 Å². The van der Waals surface area contributed by atoms with E-state index in [1.54, 1.807) is 17.9 Å². The zero-order chi connectivity index (χ0) is 17.7. The van der Waals surface area contributed by atoms with Gasteiger partial charge in [0, 0.05) is 54.9 Å². The third-order valence-electron chi connectivity index (χ3n) is 5.32. The number of rotatable bonds is 3. The highest BCUT2D eigenvalue weighted by atomic mass is 32.1. The summed E-state index contributed by atoms with van der Waals surface area (Å²) >= 11 is 1.55. The summed E-state index contributed by atoms with van der Waals surface area (Å²) in [4.78, 5) is 18.4. The molecule has 3 aromatic heterocycles. The van der Waals surface area contributed by atoms with Crippen LogP contribution in [0.2, 0.25) is 0 Å². The topological polar surface area (TPSA) is 75.3 Å². The number of nitrogens with zero attached hydrogens (tertiary/aromatic N) is 8. The van der Waals surface area contributed by atoms with E-state index >= 15 is 0 Å². The fourth-order valence-corrected chi connectivity index (χ4v) is 4.37. The zero-order valence-electron chi connectivity index (χ0n) is 15.1. The number of aryl methyl sites for hydroxylation is 1. The molecule has 1 saturated carbocycles. The van der Waals surface area contributed by atoms with Gasteiger partial charge in [-0.2, -0.15) is 19.0 Å². The van der Waals surface area contributed by atoms with Crippen LogP contribution < -0.4 is 9.80 Å². The van der Waals surface area contributed by atoms with Gasteiger partial charge in [-0.15, -0.1) is 0 Å². The summed E-state index contributed by atoms with van der Waals surface area (Å²) in [5.41, 5.74) is 2.18. The van der Waals surface area contributed by atoms with Gasteiger partial charge in [0.25, 0.3) is 5.78 Å². The fourth-order valence-electron chi connectivity index (χ4n) is 3.57. The molecule has 26 heavy (non-hydrogen) atoms. The Morgan fingerprint density at radius 1 is 1.04 bits per heavy atom. The van der Waals surface area contributed by atoms with Crippen molar-refractivity contribution in [1.82, 2.24) is 28.9 Å². The highest BCUT2D eigenvalue weighted by Gasteiger charge is 2.29. The molecule has 1 saturated heterocycles. The van der Waals surface area contributed by atoms with E-state index in [2.05, 4.69) is 36.2 Å². The van der Waals surface area contributed by atoms with Crippen molar-refractivity contribution >= 4 is 28.3 Å². The summed E-state index contributed by atoms with van der Waals surface area (Å²) in [5, 5.41) is 5.47. The Labute approximate surface area is 156 Å². The maximum Gasteiger partial charge on any atom is 0.254 e. The molecule has 1 aliphatic carbocycles. The summed E-state index contributed by atoms with van der Waals surface area (Å²) in [7, 11) is 0. The number of hydrogen-bond donors (Lipinski definition) is 0. The first-order valence-electron chi connectivity index (χ1n) is 9.21. The molecule has 4 heterocycles. The second kappa shape index (κ2) is 6.15. The molecular formula is C17H22N8S. The smallest absolute Gasteiger partial charge is 0.254 e. The first-order valence-corrected chi connectivity index (χ1v) is 9.98. The van der Waals surface area contributed by atoms with Gasteiger partial charge in [0.05, 0.1) is 0 Å². The number of anilines is 2. The average molecular weight is 370 g/mol. The lowest BCUT2D eigenvalue weighted by atomic mass is 10.2. The SMILES string of the molecule is Cc1nc2ncnn2c(N2CCCN(c3nc(C4CC4)ns3)CC2)c1C. The van der Waals surface area contributed by atoms with E-state index in [0.29, 0.717) is 11.7 Å². The molecule has 3 aromatic rings. The van der Waals surface area contributed by atoms with E-state index in [-0.39, 0.29) is 0 Å². The molecule has 0 spiro atoms. The van der Waals surface area contributed by atoms with Crippen molar-refractivity contribution in [2.24, 2.45) is 0 Å². The van der Waals surface area contributed by atoms with Gasteiger partial charge < -0.3 is 9.80 Å². The molecule has 0 atom stereocenters. The van der Waals surface area contributed by atoms with Gasteiger partial charge in [-0.05, 0) is 33.1 Å². The average Bonchev–Trinajstić information content (AvgIpc) is 3.28. The molecule has 0 aromatic carbocycles. The van der Waals surface area contributed by atoms with E-state index in [9.17, 15) is 0 Å². The highest BCUT2D eigenvalue weighted by Crippen LogP contribution is 2.39. The summed E-state index contributed by atoms with van der Waals surface area (Å²) in [6.45, 7) is 8.03. The molecule has 0 bridgehead atoms. The van der Waals surface area contributed by atoms with Crippen LogP contribution in [0.25, 0.3) is 5.78 Å². The lowest BCUT2D eigenvalue weighted by Gasteiger charge is -2.25. The molecular weight excluding hydrogens is 348 g/mol. The molecule has 0 amide bonds. The second-order valence-electron chi connectivity index (χ2n) is 7.15. The van der Waals surface area contributed by atoms with Crippen LogP contribution in [-0.2, 0) is 0 Å². The van der Waals surface area contributed by atoms with Crippen molar-refractivity contribution in [3.63, 3.8) is 0 Å². The van der Waals surface area contributed by atoms with E-state index in [1.807, 2.05) is 11.4 Å². The Morgan fingerprint density at radius 2 is 1.85 bits per heavy atom. The Kier molecular flexibility index (Phi) is 3.77.